The molecule has 21 heavy (non-hydrogen) atoms. The highest BCUT2D eigenvalue weighted by molar-refractivity contribution is 5.37. The molecule has 0 spiro atoms. The summed E-state index contributed by atoms with van der Waals surface area (Å²) in [4.78, 5) is 4.76. The Balaban J connectivity index is 1.95. The molecule has 118 valence electrons. The molecule has 2 rings (SSSR count). The molecule has 2 N–H and O–H groups in total. The minimum Gasteiger partial charge on any atom is -0.496 e. The maximum absolute atomic E-state index is 14.0. The van der Waals surface area contributed by atoms with Crippen molar-refractivity contribution < 1.29 is 9.13 Å². The van der Waals surface area contributed by atoms with Gasteiger partial charge in [0.25, 0.3) is 0 Å². The molecule has 0 aliphatic carbocycles. The van der Waals surface area contributed by atoms with Crippen LogP contribution in [0.15, 0.2) is 18.2 Å². The third kappa shape index (κ3) is 3.93. The Bertz CT molecular complexity index is 469. The zero-order valence-corrected chi connectivity index (χ0v) is 13.2. The number of hydrogen-bond acceptors (Lipinski definition) is 4. The first-order chi connectivity index (χ1) is 10.0. The van der Waals surface area contributed by atoms with Gasteiger partial charge in [0.05, 0.1) is 7.11 Å². The van der Waals surface area contributed by atoms with Gasteiger partial charge in [0.2, 0.25) is 0 Å². The first kappa shape index (κ1) is 16.2. The molecule has 1 aromatic rings. The molecule has 4 nitrogen and oxygen atoms in total. The molecule has 1 aromatic carbocycles. The lowest BCUT2D eigenvalue weighted by Crippen LogP contribution is -2.50. The van der Waals surface area contributed by atoms with Crippen LogP contribution in [0.25, 0.3) is 0 Å². The summed E-state index contributed by atoms with van der Waals surface area (Å²) in [5.74, 6) is 0.253. The van der Waals surface area contributed by atoms with Crippen molar-refractivity contribution in [3.8, 4) is 5.75 Å². The van der Waals surface area contributed by atoms with E-state index in [4.69, 9.17) is 10.5 Å². The van der Waals surface area contributed by atoms with Gasteiger partial charge in [-0.25, -0.2) is 4.39 Å². The maximum Gasteiger partial charge on any atom is 0.131 e. The van der Waals surface area contributed by atoms with Crippen molar-refractivity contribution in [2.45, 2.75) is 25.4 Å². The first-order valence-electron chi connectivity index (χ1n) is 7.53. The Labute approximate surface area is 126 Å². The number of ether oxygens (including phenoxy) is 1. The summed E-state index contributed by atoms with van der Waals surface area (Å²) in [5, 5.41) is 0. The van der Waals surface area contributed by atoms with Crippen LogP contribution in [-0.4, -0.2) is 56.2 Å². The van der Waals surface area contributed by atoms with E-state index in [1.165, 1.54) is 6.07 Å². The molecule has 0 radical (unpaired) electrons. The number of methoxy groups -OCH3 is 1. The topological polar surface area (TPSA) is 41.7 Å². The van der Waals surface area contributed by atoms with Crippen LogP contribution >= 0.6 is 0 Å². The van der Waals surface area contributed by atoms with Gasteiger partial charge in [0.1, 0.15) is 11.6 Å². The van der Waals surface area contributed by atoms with E-state index in [1.54, 1.807) is 19.2 Å². The van der Waals surface area contributed by atoms with E-state index in [9.17, 15) is 4.39 Å². The second-order valence-corrected chi connectivity index (χ2v) is 5.88. The monoisotopic (exact) mass is 295 g/mol. The summed E-state index contributed by atoms with van der Waals surface area (Å²) in [6.07, 6.45) is 0.730. The quantitative estimate of drug-likeness (QED) is 0.900. The summed E-state index contributed by atoms with van der Waals surface area (Å²) in [5.41, 5.74) is 6.68. The van der Waals surface area contributed by atoms with Gasteiger partial charge in [0.15, 0.2) is 0 Å². The minimum atomic E-state index is -0.337. The van der Waals surface area contributed by atoms with Crippen molar-refractivity contribution >= 4 is 0 Å². The normalized spacial score (nSPS) is 22.2. The average Bonchev–Trinajstić information content (AvgIpc) is 2.47. The highest BCUT2D eigenvalue weighted by Crippen LogP contribution is 2.28. The molecule has 1 heterocycles. The van der Waals surface area contributed by atoms with E-state index >= 15 is 0 Å². The molecule has 0 bridgehead atoms. The predicted molar refractivity (Wildman–Crippen MR) is 83.0 cm³/mol. The molecule has 1 fully saturated rings. The third-order valence-electron chi connectivity index (χ3n) is 4.40. The number of likely N-dealkylation sites (N-methyl/N-ethyl adjacent to an activating group) is 1. The lowest BCUT2D eigenvalue weighted by molar-refractivity contribution is 0.103. The van der Waals surface area contributed by atoms with E-state index in [0.717, 1.165) is 32.6 Å². The van der Waals surface area contributed by atoms with Crippen molar-refractivity contribution in [1.82, 2.24) is 9.80 Å². The van der Waals surface area contributed by atoms with Gasteiger partial charge in [-0.2, -0.15) is 0 Å². The molecule has 0 amide bonds. The smallest absolute Gasteiger partial charge is 0.131 e. The Morgan fingerprint density at radius 3 is 2.86 bits per heavy atom. The number of halogens is 1. The van der Waals surface area contributed by atoms with Crippen molar-refractivity contribution in [3.05, 3.63) is 29.6 Å². The summed E-state index contributed by atoms with van der Waals surface area (Å²) in [6.45, 7) is 6.27. The Kier molecular flexibility index (Phi) is 5.56. The molecule has 1 aliphatic rings. The Morgan fingerprint density at radius 1 is 1.43 bits per heavy atom. The SMILES string of the molecule is COc1cccc(F)c1C(N)CCN1CCN(C)C(C)C1. The lowest BCUT2D eigenvalue weighted by atomic mass is 10.0. The van der Waals surface area contributed by atoms with Crippen molar-refractivity contribution in [2.75, 3.05) is 40.3 Å². The van der Waals surface area contributed by atoms with Crippen LogP contribution in [0.3, 0.4) is 0 Å². The predicted octanol–water partition coefficient (Wildman–Crippen LogP) is 1.86. The standard InChI is InChI=1S/C16H26FN3O/c1-12-11-20(10-9-19(12)2)8-7-14(18)16-13(17)5-4-6-15(16)21-3/h4-6,12,14H,7-11,18H2,1-3H3. The summed E-state index contributed by atoms with van der Waals surface area (Å²) < 4.78 is 19.2. The summed E-state index contributed by atoms with van der Waals surface area (Å²) >= 11 is 0. The van der Waals surface area contributed by atoms with Crippen molar-refractivity contribution in [3.63, 3.8) is 0 Å². The van der Waals surface area contributed by atoms with Crippen LogP contribution in [0.1, 0.15) is 24.9 Å². The molecular weight excluding hydrogens is 269 g/mol. The van der Waals surface area contributed by atoms with Crippen LogP contribution in [0.5, 0.6) is 5.75 Å². The number of benzene rings is 1. The second kappa shape index (κ2) is 7.20. The first-order valence-corrected chi connectivity index (χ1v) is 7.53. The van der Waals surface area contributed by atoms with Crippen molar-refractivity contribution in [2.24, 2.45) is 5.73 Å². The average molecular weight is 295 g/mol. The fourth-order valence-electron chi connectivity index (χ4n) is 2.85. The molecule has 2 unspecified atom stereocenters. The fraction of sp³-hybridized carbons (Fsp3) is 0.625. The van der Waals surface area contributed by atoms with Crippen LogP contribution in [0, 0.1) is 5.82 Å². The molecule has 0 saturated carbocycles. The van der Waals surface area contributed by atoms with Crippen LogP contribution in [0.2, 0.25) is 0 Å². The number of piperazine rings is 1. The zero-order chi connectivity index (χ0) is 15.4. The molecule has 1 aliphatic heterocycles. The molecule has 0 aromatic heterocycles. The molecular formula is C16H26FN3O. The Morgan fingerprint density at radius 2 is 2.19 bits per heavy atom. The van der Waals surface area contributed by atoms with Gasteiger partial charge in [-0.15, -0.1) is 0 Å². The van der Waals surface area contributed by atoms with E-state index in [0.29, 0.717) is 17.4 Å². The summed E-state index contributed by atoms with van der Waals surface area (Å²) in [6, 6.07) is 5.06. The third-order valence-corrected chi connectivity index (χ3v) is 4.40. The van der Waals surface area contributed by atoms with E-state index in [2.05, 4.69) is 23.8 Å². The molecule has 1 saturated heterocycles. The highest BCUT2D eigenvalue weighted by Gasteiger charge is 2.22. The number of hydrogen-bond donors (Lipinski definition) is 1. The zero-order valence-electron chi connectivity index (χ0n) is 13.2. The van der Waals surface area contributed by atoms with Gasteiger partial charge < -0.3 is 20.3 Å². The fourth-order valence-corrected chi connectivity index (χ4v) is 2.85. The Hall–Kier alpha value is -1.17. The van der Waals surface area contributed by atoms with E-state index in [1.807, 2.05) is 0 Å². The largest absolute Gasteiger partial charge is 0.496 e. The van der Waals surface area contributed by atoms with Crippen LogP contribution < -0.4 is 10.5 Å². The molecule has 2 atom stereocenters. The number of nitrogens with zero attached hydrogens (tertiary/aromatic N) is 2. The minimum absolute atomic E-state index is 0.284. The van der Waals surface area contributed by atoms with Gasteiger partial charge in [-0.05, 0) is 32.5 Å². The van der Waals surface area contributed by atoms with E-state index < -0.39 is 0 Å². The van der Waals surface area contributed by atoms with Gasteiger partial charge in [0, 0.05) is 43.8 Å². The van der Waals surface area contributed by atoms with E-state index in [-0.39, 0.29) is 11.9 Å². The number of rotatable bonds is 5. The highest BCUT2D eigenvalue weighted by atomic mass is 19.1. The van der Waals surface area contributed by atoms with Gasteiger partial charge in [-0.1, -0.05) is 6.07 Å². The van der Waals surface area contributed by atoms with Crippen LogP contribution in [-0.2, 0) is 0 Å². The maximum atomic E-state index is 14.0. The molecule has 5 heteroatoms. The number of nitrogens with two attached hydrogens (primary N) is 1. The second-order valence-electron chi connectivity index (χ2n) is 5.88. The van der Waals surface area contributed by atoms with Gasteiger partial charge >= 0.3 is 0 Å². The van der Waals surface area contributed by atoms with Crippen molar-refractivity contribution in [1.29, 1.82) is 0 Å². The summed E-state index contributed by atoms with van der Waals surface area (Å²) in [7, 11) is 3.70. The lowest BCUT2D eigenvalue weighted by Gasteiger charge is -2.38. The van der Waals surface area contributed by atoms with Crippen LogP contribution in [0.4, 0.5) is 4.39 Å². The van der Waals surface area contributed by atoms with Gasteiger partial charge in [-0.3, -0.25) is 0 Å².